The Morgan fingerprint density at radius 1 is 0.326 bits per heavy atom. The van der Waals surface area contributed by atoms with Crippen LogP contribution in [0.3, 0.4) is 0 Å². The van der Waals surface area contributed by atoms with Gasteiger partial charge in [0.25, 0.3) is 0 Å². The van der Waals surface area contributed by atoms with Gasteiger partial charge in [-0.1, -0.05) is 133 Å². The monoisotopic (exact) mass is 549 g/mol. The van der Waals surface area contributed by atoms with E-state index >= 15 is 0 Å². The predicted molar refractivity (Wildman–Crippen MR) is 179 cm³/mol. The van der Waals surface area contributed by atoms with Crippen LogP contribution in [0.15, 0.2) is 168 Å². The highest BCUT2D eigenvalue weighted by atomic mass is 16.3. The SMILES string of the molecule is c1ccc(-c2ccc(-c3cc(-c4ccc(-c5ccccc5)cc4)cc(-c4nc5cc6ccccc6cc5o4)c3)cc2)cc1. The smallest absolute Gasteiger partial charge is 0.227 e. The molecule has 0 atom stereocenters. The van der Waals surface area contributed by atoms with Gasteiger partial charge in [0.15, 0.2) is 5.58 Å². The zero-order chi connectivity index (χ0) is 28.6. The highest BCUT2D eigenvalue weighted by Crippen LogP contribution is 2.36. The van der Waals surface area contributed by atoms with Crippen LogP contribution in [-0.4, -0.2) is 4.98 Å². The summed E-state index contributed by atoms with van der Waals surface area (Å²) in [7, 11) is 0. The lowest BCUT2D eigenvalue weighted by Crippen LogP contribution is -1.87. The molecule has 1 heterocycles. The van der Waals surface area contributed by atoms with Gasteiger partial charge in [-0.05, 0) is 85.6 Å². The van der Waals surface area contributed by atoms with Crippen LogP contribution in [0.25, 0.3) is 77.8 Å². The Hall–Kier alpha value is -5.73. The summed E-state index contributed by atoms with van der Waals surface area (Å²) in [5, 5.41) is 2.30. The Balaban J connectivity index is 1.24. The first-order valence-corrected chi connectivity index (χ1v) is 14.5. The highest BCUT2D eigenvalue weighted by molar-refractivity contribution is 5.95. The van der Waals surface area contributed by atoms with Crippen LogP contribution in [-0.2, 0) is 0 Å². The molecule has 0 unspecified atom stereocenters. The number of aromatic nitrogens is 1. The summed E-state index contributed by atoms with van der Waals surface area (Å²) >= 11 is 0. The van der Waals surface area contributed by atoms with Crippen LogP contribution < -0.4 is 0 Å². The molecule has 0 spiro atoms. The van der Waals surface area contributed by atoms with Crippen LogP contribution >= 0.6 is 0 Å². The fourth-order valence-electron chi connectivity index (χ4n) is 5.79. The van der Waals surface area contributed by atoms with Gasteiger partial charge in [-0.2, -0.15) is 0 Å². The fourth-order valence-corrected chi connectivity index (χ4v) is 5.79. The van der Waals surface area contributed by atoms with Gasteiger partial charge >= 0.3 is 0 Å². The van der Waals surface area contributed by atoms with Crippen molar-refractivity contribution < 1.29 is 4.42 Å². The third-order valence-electron chi connectivity index (χ3n) is 8.09. The third kappa shape index (κ3) is 4.90. The van der Waals surface area contributed by atoms with Crippen molar-refractivity contribution >= 4 is 21.9 Å². The molecule has 8 aromatic rings. The summed E-state index contributed by atoms with van der Waals surface area (Å²) in [6.07, 6.45) is 0. The van der Waals surface area contributed by atoms with Crippen molar-refractivity contribution in [3.05, 3.63) is 164 Å². The van der Waals surface area contributed by atoms with E-state index in [2.05, 4.69) is 146 Å². The minimum absolute atomic E-state index is 0.621. The van der Waals surface area contributed by atoms with Gasteiger partial charge in [-0.15, -0.1) is 0 Å². The zero-order valence-corrected chi connectivity index (χ0v) is 23.4. The van der Waals surface area contributed by atoms with Gasteiger partial charge in [0.1, 0.15) is 5.52 Å². The Morgan fingerprint density at radius 3 is 1.23 bits per heavy atom. The first-order valence-electron chi connectivity index (χ1n) is 14.5. The molecule has 2 heteroatoms. The fraction of sp³-hybridized carbons (Fsp3) is 0. The van der Waals surface area contributed by atoms with Gasteiger partial charge in [-0.25, -0.2) is 4.98 Å². The van der Waals surface area contributed by atoms with Gasteiger partial charge in [0.2, 0.25) is 5.89 Å². The molecule has 0 bridgehead atoms. The van der Waals surface area contributed by atoms with Gasteiger partial charge in [0, 0.05) is 5.56 Å². The van der Waals surface area contributed by atoms with Crippen LogP contribution in [0.5, 0.6) is 0 Å². The van der Waals surface area contributed by atoms with E-state index in [1.807, 2.05) is 18.2 Å². The zero-order valence-electron chi connectivity index (χ0n) is 23.4. The first kappa shape index (κ1) is 25.0. The number of rotatable bonds is 5. The number of benzene rings is 7. The van der Waals surface area contributed by atoms with Crippen molar-refractivity contribution in [3.8, 4) is 56.0 Å². The minimum Gasteiger partial charge on any atom is -0.436 e. The van der Waals surface area contributed by atoms with Crippen LogP contribution in [0, 0.1) is 0 Å². The molecule has 202 valence electrons. The largest absolute Gasteiger partial charge is 0.436 e. The lowest BCUT2D eigenvalue weighted by Gasteiger charge is -2.11. The van der Waals surface area contributed by atoms with E-state index in [4.69, 9.17) is 9.40 Å². The number of nitrogens with zero attached hydrogens (tertiary/aromatic N) is 1. The second-order valence-corrected chi connectivity index (χ2v) is 10.9. The Morgan fingerprint density at radius 2 is 0.721 bits per heavy atom. The Kier molecular flexibility index (Phi) is 6.16. The topological polar surface area (TPSA) is 26.0 Å². The summed E-state index contributed by atoms with van der Waals surface area (Å²) < 4.78 is 6.39. The van der Waals surface area contributed by atoms with Crippen molar-refractivity contribution in [1.29, 1.82) is 0 Å². The summed E-state index contributed by atoms with van der Waals surface area (Å²) in [6, 6.07) is 57.6. The van der Waals surface area contributed by atoms with Crippen molar-refractivity contribution in [3.63, 3.8) is 0 Å². The molecule has 7 aromatic carbocycles. The molecule has 0 aliphatic rings. The standard InChI is InChI=1S/C41H27NO/c1-3-9-28(10-4-1)30-15-19-32(20-16-30)36-23-37(33-21-17-31(18-22-33)29-11-5-2-6-12-29)25-38(24-36)41-42-39-26-34-13-7-8-14-35(34)27-40(39)43-41/h1-27H. The number of hydrogen-bond donors (Lipinski definition) is 0. The van der Waals surface area contributed by atoms with Gasteiger partial charge in [0.05, 0.1) is 0 Å². The van der Waals surface area contributed by atoms with E-state index in [0.717, 1.165) is 49.7 Å². The van der Waals surface area contributed by atoms with E-state index in [9.17, 15) is 0 Å². The quantitative estimate of drug-likeness (QED) is 0.213. The molecule has 8 rings (SSSR count). The highest BCUT2D eigenvalue weighted by Gasteiger charge is 2.14. The van der Waals surface area contributed by atoms with Crippen LogP contribution in [0.1, 0.15) is 0 Å². The van der Waals surface area contributed by atoms with Crippen molar-refractivity contribution in [2.24, 2.45) is 0 Å². The minimum atomic E-state index is 0.621. The predicted octanol–water partition coefficient (Wildman–Crippen LogP) is 11.3. The molecule has 1 aromatic heterocycles. The van der Waals surface area contributed by atoms with Gasteiger partial charge < -0.3 is 4.42 Å². The summed E-state index contributed by atoms with van der Waals surface area (Å²) in [4.78, 5) is 4.94. The summed E-state index contributed by atoms with van der Waals surface area (Å²) in [6.45, 7) is 0. The Labute approximate surface area is 250 Å². The average molecular weight is 550 g/mol. The lowest BCUT2D eigenvalue weighted by molar-refractivity contribution is 0.620. The van der Waals surface area contributed by atoms with Crippen LogP contribution in [0.2, 0.25) is 0 Å². The first-order chi connectivity index (χ1) is 21.3. The van der Waals surface area contributed by atoms with Crippen LogP contribution in [0.4, 0.5) is 0 Å². The molecule has 2 nitrogen and oxygen atoms in total. The molecule has 0 fully saturated rings. The molecule has 0 saturated carbocycles. The van der Waals surface area contributed by atoms with E-state index in [1.54, 1.807) is 0 Å². The van der Waals surface area contributed by atoms with Crippen molar-refractivity contribution in [2.75, 3.05) is 0 Å². The molecule has 0 aliphatic heterocycles. The molecule has 0 saturated heterocycles. The maximum atomic E-state index is 6.39. The summed E-state index contributed by atoms with van der Waals surface area (Å²) in [5.41, 5.74) is 11.9. The molecule has 0 N–H and O–H groups in total. The van der Waals surface area contributed by atoms with Crippen molar-refractivity contribution in [2.45, 2.75) is 0 Å². The maximum absolute atomic E-state index is 6.39. The van der Waals surface area contributed by atoms with Gasteiger partial charge in [-0.3, -0.25) is 0 Å². The molecule has 0 aliphatic carbocycles. The normalized spacial score (nSPS) is 11.3. The average Bonchev–Trinajstić information content (AvgIpc) is 3.51. The second-order valence-electron chi connectivity index (χ2n) is 10.9. The third-order valence-corrected chi connectivity index (χ3v) is 8.09. The second kappa shape index (κ2) is 10.6. The molecule has 0 amide bonds. The summed E-state index contributed by atoms with van der Waals surface area (Å²) in [5.74, 6) is 0.621. The van der Waals surface area contributed by atoms with Crippen molar-refractivity contribution in [1.82, 2.24) is 4.98 Å². The van der Waals surface area contributed by atoms with E-state index in [1.165, 1.54) is 22.3 Å². The molecule has 43 heavy (non-hydrogen) atoms. The number of oxazole rings is 1. The lowest BCUT2D eigenvalue weighted by atomic mass is 9.94. The van der Waals surface area contributed by atoms with E-state index in [-0.39, 0.29) is 0 Å². The molecular weight excluding hydrogens is 522 g/mol. The molecular formula is C41H27NO. The van der Waals surface area contributed by atoms with E-state index in [0.29, 0.717) is 5.89 Å². The van der Waals surface area contributed by atoms with E-state index < -0.39 is 0 Å². The number of fused-ring (bicyclic) bond motifs is 2. The maximum Gasteiger partial charge on any atom is 0.227 e. The Bertz CT molecular complexity index is 2040. The number of hydrogen-bond acceptors (Lipinski definition) is 2. The molecule has 0 radical (unpaired) electrons.